The van der Waals surface area contributed by atoms with Crippen LogP contribution in [0.4, 0.5) is 0 Å². The third-order valence-corrected chi connectivity index (χ3v) is 2.77. The average Bonchev–Trinajstić information content (AvgIpc) is 1.87. The van der Waals surface area contributed by atoms with Crippen LogP contribution < -0.4 is 5.73 Å². The molecule has 0 aromatic heterocycles. The van der Waals surface area contributed by atoms with E-state index in [1.165, 1.54) is 0 Å². The predicted molar refractivity (Wildman–Crippen MR) is 44.6 cm³/mol. The van der Waals surface area contributed by atoms with Crippen LogP contribution in [0.2, 0.25) is 0 Å². The van der Waals surface area contributed by atoms with E-state index in [0.717, 1.165) is 6.42 Å². The van der Waals surface area contributed by atoms with Gasteiger partial charge in [-0.05, 0) is 26.3 Å². The summed E-state index contributed by atoms with van der Waals surface area (Å²) in [4.78, 5) is 9.03. The summed E-state index contributed by atoms with van der Waals surface area (Å²) in [7, 11) is -3.28. The lowest BCUT2D eigenvalue weighted by Crippen LogP contribution is -2.01. The first-order valence-electron chi connectivity index (χ1n) is 3.79. The van der Waals surface area contributed by atoms with Crippen molar-refractivity contribution in [1.29, 1.82) is 0 Å². The Kier molecular flexibility index (Phi) is 5.78. The van der Waals surface area contributed by atoms with Crippen molar-refractivity contribution < 1.29 is 14.0 Å². The van der Waals surface area contributed by atoms with Gasteiger partial charge in [-0.1, -0.05) is 0 Å². The van der Waals surface area contributed by atoms with Gasteiger partial charge in [-0.25, -0.2) is 0 Å². The van der Waals surface area contributed by atoms with Crippen molar-refractivity contribution >= 4 is 7.60 Å². The third kappa shape index (κ3) is 6.51. The molecular weight excluding hydrogens is 165 g/mol. The van der Waals surface area contributed by atoms with Gasteiger partial charge in [0.1, 0.15) is 0 Å². The topological polar surface area (TPSA) is 72.5 Å². The molecule has 0 radical (unpaired) electrons. The summed E-state index contributed by atoms with van der Waals surface area (Å²) in [5, 5.41) is 0. The number of unbranched alkanes of at least 4 members (excludes halogenated alkanes) is 1. The first kappa shape index (κ1) is 11.1. The summed E-state index contributed by atoms with van der Waals surface area (Å²) in [5.41, 5.74) is 5.22. The maximum Gasteiger partial charge on any atom is 0.328 e. The molecule has 0 rings (SSSR count). The Labute approximate surface area is 67.3 Å². The van der Waals surface area contributed by atoms with Crippen LogP contribution in [0.3, 0.4) is 0 Å². The van der Waals surface area contributed by atoms with Gasteiger partial charge in [-0.15, -0.1) is 0 Å². The van der Waals surface area contributed by atoms with Gasteiger partial charge in [0.2, 0.25) is 0 Å². The van der Waals surface area contributed by atoms with E-state index < -0.39 is 7.60 Å². The minimum Gasteiger partial charge on any atom is -0.330 e. The van der Waals surface area contributed by atoms with Gasteiger partial charge < -0.3 is 15.2 Å². The molecule has 68 valence electrons. The fourth-order valence-corrected chi connectivity index (χ4v) is 1.88. The second-order valence-corrected chi connectivity index (χ2v) is 4.25. The van der Waals surface area contributed by atoms with Gasteiger partial charge in [0.25, 0.3) is 0 Å². The molecule has 0 saturated carbocycles. The van der Waals surface area contributed by atoms with Crippen molar-refractivity contribution in [3.63, 3.8) is 0 Å². The lowest BCUT2D eigenvalue weighted by molar-refractivity contribution is 0.273. The molecule has 4 nitrogen and oxygen atoms in total. The molecule has 1 unspecified atom stereocenters. The molecule has 0 heterocycles. The molecule has 0 saturated heterocycles. The smallest absolute Gasteiger partial charge is 0.328 e. The highest BCUT2D eigenvalue weighted by Crippen LogP contribution is 2.42. The van der Waals surface area contributed by atoms with E-state index in [0.29, 0.717) is 13.0 Å². The number of rotatable bonds is 6. The van der Waals surface area contributed by atoms with Crippen molar-refractivity contribution in [3.8, 4) is 0 Å². The fourth-order valence-electron chi connectivity index (χ4n) is 0.722. The van der Waals surface area contributed by atoms with Crippen LogP contribution in [0.25, 0.3) is 0 Å². The van der Waals surface area contributed by atoms with E-state index in [1.807, 2.05) is 0 Å². The lowest BCUT2D eigenvalue weighted by Gasteiger charge is -2.09. The Balaban J connectivity index is 3.47. The molecule has 0 fully saturated rings. The van der Waals surface area contributed by atoms with E-state index in [9.17, 15) is 4.57 Å². The monoisotopic (exact) mass is 181 g/mol. The zero-order chi connectivity index (χ0) is 8.74. The van der Waals surface area contributed by atoms with Gasteiger partial charge in [-0.2, -0.15) is 0 Å². The highest BCUT2D eigenvalue weighted by molar-refractivity contribution is 7.52. The Morgan fingerprint density at radius 1 is 1.55 bits per heavy atom. The van der Waals surface area contributed by atoms with Crippen LogP contribution in [0.1, 0.15) is 19.8 Å². The van der Waals surface area contributed by atoms with Gasteiger partial charge >= 0.3 is 7.60 Å². The standard InChI is InChI=1S/C6H16NO3P/c1-2-10-11(8,9)6-4-3-5-7/h2-7H2,1H3,(H,8,9). The highest BCUT2D eigenvalue weighted by Gasteiger charge is 2.16. The average molecular weight is 181 g/mol. The van der Waals surface area contributed by atoms with E-state index in [2.05, 4.69) is 4.52 Å². The summed E-state index contributed by atoms with van der Waals surface area (Å²) >= 11 is 0. The molecule has 11 heavy (non-hydrogen) atoms. The van der Waals surface area contributed by atoms with Crippen molar-refractivity contribution in [2.75, 3.05) is 19.3 Å². The van der Waals surface area contributed by atoms with Crippen LogP contribution in [0.5, 0.6) is 0 Å². The maximum absolute atomic E-state index is 11.0. The highest BCUT2D eigenvalue weighted by atomic mass is 31.2. The Bertz CT molecular complexity index is 140. The zero-order valence-corrected chi connectivity index (χ0v) is 7.72. The van der Waals surface area contributed by atoms with Crippen LogP contribution in [0.15, 0.2) is 0 Å². The first-order valence-corrected chi connectivity index (χ1v) is 5.55. The summed E-state index contributed by atoms with van der Waals surface area (Å²) in [6.45, 7) is 2.55. The Morgan fingerprint density at radius 3 is 2.64 bits per heavy atom. The SMILES string of the molecule is CCOP(=O)(O)CCCCN. The second kappa shape index (κ2) is 5.72. The third-order valence-electron chi connectivity index (χ3n) is 1.23. The number of hydrogen-bond acceptors (Lipinski definition) is 3. The van der Waals surface area contributed by atoms with Crippen LogP contribution >= 0.6 is 7.60 Å². The molecule has 0 bridgehead atoms. The van der Waals surface area contributed by atoms with Crippen molar-refractivity contribution in [3.05, 3.63) is 0 Å². The van der Waals surface area contributed by atoms with E-state index >= 15 is 0 Å². The van der Waals surface area contributed by atoms with Crippen molar-refractivity contribution in [1.82, 2.24) is 0 Å². The van der Waals surface area contributed by atoms with Crippen molar-refractivity contribution in [2.45, 2.75) is 19.8 Å². The lowest BCUT2D eigenvalue weighted by atomic mass is 10.3. The molecule has 3 N–H and O–H groups in total. The normalized spacial score (nSPS) is 16.3. The zero-order valence-electron chi connectivity index (χ0n) is 6.82. The largest absolute Gasteiger partial charge is 0.330 e. The van der Waals surface area contributed by atoms with E-state index in [-0.39, 0.29) is 12.8 Å². The number of nitrogens with two attached hydrogens (primary N) is 1. The number of hydrogen-bond donors (Lipinski definition) is 2. The van der Waals surface area contributed by atoms with Gasteiger partial charge in [0.15, 0.2) is 0 Å². The molecule has 5 heteroatoms. The Morgan fingerprint density at radius 2 is 2.18 bits per heavy atom. The molecule has 0 spiro atoms. The predicted octanol–water partition coefficient (Wildman–Crippen LogP) is 0.947. The molecule has 0 aromatic rings. The fraction of sp³-hybridized carbons (Fsp3) is 1.00. The molecular formula is C6H16NO3P. The first-order chi connectivity index (χ1) is 5.12. The minimum atomic E-state index is -3.28. The van der Waals surface area contributed by atoms with E-state index in [1.54, 1.807) is 6.92 Å². The van der Waals surface area contributed by atoms with Crippen molar-refractivity contribution in [2.24, 2.45) is 5.73 Å². The van der Waals surface area contributed by atoms with Crippen LogP contribution in [-0.2, 0) is 9.09 Å². The maximum atomic E-state index is 11.0. The molecule has 0 aliphatic heterocycles. The molecule has 0 amide bonds. The van der Waals surface area contributed by atoms with Gasteiger partial charge in [0, 0.05) is 0 Å². The summed E-state index contributed by atoms with van der Waals surface area (Å²) < 4.78 is 15.6. The molecule has 0 aliphatic rings. The van der Waals surface area contributed by atoms with Gasteiger partial charge in [0.05, 0.1) is 12.8 Å². The second-order valence-electron chi connectivity index (χ2n) is 2.27. The Hall–Kier alpha value is 0.110. The molecule has 0 aromatic carbocycles. The van der Waals surface area contributed by atoms with Gasteiger partial charge in [-0.3, -0.25) is 4.57 Å². The minimum absolute atomic E-state index is 0.220. The van der Waals surface area contributed by atoms with Crippen LogP contribution in [0, 0.1) is 0 Å². The summed E-state index contributed by atoms with van der Waals surface area (Å²) in [5.74, 6) is 0. The molecule has 0 aliphatic carbocycles. The summed E-state index contributed by atoms with van der Waals surface area (Å²) in [6, 6.07) is 0. The quantitative estimate of drug-likeness (QED) is 0.472. The van der Waals surface area contributed by atoms with E-state index in [4.69, 9.17) is 10.6 Å². The van der Waals surface area contributed by atoms with Crippen LogP contribution in [-0.4, -0.2) is 24.2 Å². The summed E-state index contributed by atoms with van der Waals surface area (Å²) in [6.07, 6.45) is 1.65. The molecule has 1 atom stereocenters.